The van der Waals surface area contributed by atoms with E-state index in [-0.39, 0.29) is 17.9 Å². The summed E-state index contributed by atoms with van der Waals surface area (Å²) in [6.07, 6.45) is 7.93. The van der Waals surface area contributed by atoms with Crippen LogP contribution < -0.4 is 11.1 Å². The lowest BCUT2D eigenvalue weighted by atomic mass is 10.0. The molecule has 1 aliphatic carbocycles. The molecule has 1 aliphatic rings. The van der Waals surface area contributed by atoms with Gasteiger partial charge < -0.3 is 11.1 Å². The maximum Gasteiger partial charge on any atom is 0.237 e. The van der Waals surface area contributed by atoms with Gasteiger partial charge in [0, 0.05) is 6.54 Å². The van der Waals surface area contributed by atoms with Crippen LogP contribution in [-0.4, -0.2) is 18.5 Å². The van der Waals surface area contributed by atoms with E-state index in [1.165, 1.54) is 32.1 Å². The van der Waals surface area contributed by atoms with Crippen LogP contribution in [-0.2, 0) is 4.79 Å². The van der Waals surface area contributed by atoms with E-state index in [0.717, 1.165) is 18.9 Å². The molecule has 0 saturated heterocycles. The van der Waals surface area contributed by atoms with Crippen molar-refractivity contribution >= 4 is 5.91 Å². The highest BCUT2D eigenvalue weighted by molar-refractivity contribution is 5.81. The summed E-state index contributed by atoms with van der Waals surface area (Å²) in [5.74, 6) is 1.13. The zero-order chi connectivity index (χ0) is 12.0. The maximum atomic E-state index is 11.5. The molecule has 0 spiro atoms. The van der Waals surface area contributed by atoms with Crippen molar-refractivity contribution in [3.8, 4) is 0 Å². The standard InChI is InChI=1S/C13H26N2O/c1-10(2)12(14)13(16)15-9-5-8-11-6-3-4-7-11/h10-12H,3-9,14H2,1-2H3,(H,15,16)/t12-/m0/s1. The minimum atomic E-state index is -0.355. The summed E-state index contributed by atoms with van der Waals surface area (Å²) in [4.78, 5) is 11.5. The Morgan fingerprint density at radius 2 is 2.00 bits per heavy atom. The SMILES string of the molecule is CC(C)[C@H](N)C(=O)NCCCC1CCCC1. The molecular weight excluding hydrogens is 200 g/mol. The molecule has 0 heterocycles. The Morgan fingerprint density at radius 1 is 1.38 bits per heavy atom. The molecule has 3 nitrogen and oxygen atoms in total. The second-order valence-electron chi connectivity index (χ2n) is 5.35. The van der Waals surface area contributed by atoms with E-state index >= 15 is 0 Å². The molecule has 1 atom stereocenters. The van der Waals surface area contributed by atoms with Crippen molar-refractivity contribution in [3.05, 3.63) is 0 Å². The molecule has 0 aromatic heterocycles. The molecule has 0 aromatic carbocycles. The van der Waals surface area contributed by atoms with E-state index in [0.29, 0.717) is 0 Å². The Bertz CT molecular complexity index is 210. The summed E-state index contributed by atoms with van der Waals surface area (Å²) in [6, 6.07) is -0.355. The first-order valence-electron chi connectivity index (χ1n) is 6.64. The molecular formula is C13H26N2O. The van der Waals surface area contributed by atoms with Crippen LogP contribution in [0.4, 0.5) is 0 Å². The molecule has 3 N–H and O–H groups in total. The van der Waals surface area contributed by atoms with E-state index in [1.807, 2.05) is 13.8 Å². The van der Waals surface area contributed by atoms with Crippen molar-refractivity contribution in [2.45, 2.75) is 58.4 Å². The molecule has 94 valence electrons. The van der Waals surface area contributed by atoms with Crippen LogP contribution >= 0.6 is 0 Å². The van der Waals surface area contributed by atoms with Gasteiger partial charge in [0.2, 0.25) is 5.91 Å². The first kappa shape index (κ1) is 13.5. The van der Waals surface area contributed by atoms with Gasteiger partial charge in [0.25, 0.3) is 0 Å². The zero-order valence-electron chi connectivity index (χ0n) is 10.7. The quantitative estimate of drug-likeness (QED) is 0.681. The Morgan fingerprint density at radius 3 is 2.56 bits per heavy atom. The molecule has 0 aromatic rings. The van der Waals surface area contributed by atoms with Gasteiger partial charge in [0.1, 0.15) is 0 Å². The van der Waals surface area contributed by atoms with Crippen LogP contribution in [0.15, 0.2) is 0 Å². The highest BCUT2D eigenvalue weighted by Gasteiger charge is 2.17. The Labute approximate surface area is 99.2 Å². The van der Waals surface area contributed by atoms with Crippen LogP contribution in [0.3, 0.4) is 0 Å². The third-order valence-electron chi connectivity index (χ3n) is 3.58. The van der Waals surface area contributed by atoms with Crippen LogP contribution in [0.5, 0.6) is 0 Å². The van der Waals surface area contributed by atoms with Crippen LogP contribution in [0.25, 0.3) is 0 Å². The molecule has 1 amide bonds. The van der Waals surface area contributed by atoms with Crippen molar-refractivity contribution in [3.63, 3.8) is 0 Å². The van der Waals surface area contributed by atoms with Crippen molar-refractivity contribution in [1.29, 1.82) is 0 Å². The Balaban J connectivity index is 2.03. The molecule has 0 aliphatic heterocycles. The number of hydrogen-bond acceptors (Lipinski definition) is 2. The minimum Gasteiger partial charge on any atom is -0.355 e. The van der Waals surface area contributed by atoms with Gasteiger partial charge >= 0.3 is 0 Å². The second kappa shape index (κ2) is 6.89. The number of amides is 1. The van der Waals surface area contributed by atoms with Gasteiger partial charge in [0.05, 0.1) is 6.04 Å². The van der Waals surface area contributed by atoms with Gasteiger partial charge in [-0.2, -0.15) is 0 Å². The predicted molar refractivity (Wildman–Crippen MR) is 67.0 cm³/mol. The Hall–Kier alpha value is -0.570. The van der Waals surface area contributed by atoms with Crippen molar-refractivity contribution in [1.82, 2.24) is 5.32 Å². The number of nitrogens with one attached hydrogen (secondary N) is 1. The fraction of sp³-hybridized carbons (Fsp3) is 0.923. The molecule has 0 bridgehead atoms. The zero-order valence-corrected chi connectivity index (χ0v) is 10.7. The van der Waals surface area contributed by atoms with Crippen LogP contribution in [0, 0.1) is 11.8 Å². The summed E-state index contributed by atoms with van der Waals surface area (Å²) in [5.41, 5.74) is 5.75. The first-order valence-corrected chi connectivity index (χ1v) is 6.64. The summed E-state index contributed by atoms with van der Waals surface area (Å²) >= 11 is 0. The van der Waals surface area contributed by atoms with Crippen molar-refractivity contribution < 1.29 is 4.79 Å². The topological polar surface area (TPSA) is 55.1 Å². The molecule has 0 unspecified atom stereocenters. The first-order chi connectivity index (χ1) is 7.61. The van der Waals surface area contributed by atoms with E-state index in [9.17, 15) is 4.79 Å². The fourth-order valence-electron chi connectivity index (χ4n) is 2.32. The lowest BCUT2D eigenvalue weighted by Gasteiger charge is -2.15. The average Bonchev–Trinajstić information content (AvgIpc) is 2.75. The second-order valence-corrected chi connectivity index (χ2v) is 5.35. The molecule has 3 heteroatoms. The average molecular weight is 226 g/mol. The summed E-state index contributed by atoms with van der Waals surface area (Å²) in [7, 11) is 0. The molecule has 16 heavy (non-hydrogen) atoms. The summed E-state index contributed by atoms with van der Waals surface area (Å²) < 4.78 is 0. The largest absolute Gasteiger partial charge is 0.355 e. The minimum absolute atomic E-state index is 0.00132. The van der Waals surface area contributed by atoms with E-state index in [4.69, 9.17) is 5.73 Å². The van der Waals surface area contributed by atoms with Crippen LogP contribution in [0.1, 0.15) is 52.4 Å². The third-order valence-corrected chi connectivity index (χ3v) is 3.58. The predicted octanol–water partition coefficient (Wildman–Crippen LogP) is 2.06. The number of nitrogens with two attached hydrogens (primary N) is 1. The number of hydrogen-bond donors (Lipinski definition) is 2. The Kier molecular flexibility index (Phi) is 5.81. The van der Waals surface area contributed by atoms with Gasteiger partial charge in [-0.25, -0.2) is 0 Å². The van der Waals surface area contributed by atoms with Gasteiger partial charge in [-0.3, -0.25) is 4.79 Å². The van der Waals surface area contributed by atoms with Crippen molar-refractivity contribution in [2.75, 3.05) is 6.54 Å². The normalized spacial score (nSPS) is 19.0. The maximum absolute atomic E-state index is 11.5. The van der Waals surface area contributed by atoms with Crippen LogP contribution in [0.2, 0.25) is 0 Å². The summed E-state index contributed by atoms with van der Waals surface area (Å²) in [5, 5.41) is 2.92. The van der Waals surface area contributed by atoms with E-state index < -0.39 is 0 Å². The molecule has 1 saturated carbocycles. The number of carbonyl (C=O) groups is 1. The molecule has 1 fully saturated rings. The van der Waals surface area contributed by atoms with E-state index in [2.05, 4.69) is 5.32 Å². The number of rotatable bonds is 6. The van der Waals surface area contributed by atoms with Gasteiger partial charge in [-0.1, -0.05) is 39.5 Å². The lowest BCUT2D eigenvalue weighted by molar-refractivity contribution is -0.123. The fourth-order valence-corrected chi connectivity index (χ4v) is 2.32. The highest BCUT2D eigenvalue weighted by atomic mass is 16.2. The number of carbonyl (C=O) groups excluding carboxylic acids is 1. The smallest absolute Gasteiger partial charge is 0.237 e. The monoisotopic (exact) mass is 226 g/mol. The third kappa shape index (κ3) is 4.52. The molecule has 0 radical (unpaired) electrons. The van der Waals surface area contributed by atoms with Gasteiger partial charge in [-0.05, 0) is 24.7 Å². The molecule has 1 rings (SSSR count). The lowest BCUT2D eigenvalue weighted by Crippen LogP contribution is -2.44. The van der Waals surface area contributed by atoms with E-state index in [1.54, 1.807) is 0 Å². The van der Waals surface area contributed by atoms with Gasteiger partial charge in [-0.15, -0.1) is 0 Å². The van der Waals surface area contributed by atoms with Crippen molar-refractivity contribution in [2.24, 2.45) is 17.6 Å². The van der Waals surface area contributed by atoms with Gasteiger partial charge in [0.15, 0.2) is 0 Å². The highest BCUT2D eigenvalue weighted by Crippen LogP contribution is 2.28. The summed E-state index contributed by atoms with van der Waals surface area (Å²) in [6.45, 7) is 4.74.